The van der Waals surface area contributed by atoms with Gasteiger partial charge in [-0.05, 0) is 6.92 Å². The summed E-state index contributed by atoms with van der Waals surface area (Å²) in [5, 5.41) is 8.39. The molecule has 0 rings (SSSR count). The summed E-state index contributed by atoms with van der Waals surface area (Å²) in [6, 6.07) is 1.58. The number of nitrogens with zero attached hydrogens (tertiary/aromatic N) is 2. The second-order valence-electron chi connectivity index (χ2n) is 2.97. The third kappa shape index (κ3) is 4.05. The van der Waals surface area contributed by atoms with Crippen LogP contribution in [0.5, 0.6) is 0 Å². The van der Waals surface area contributed by atoms with E-state index in [2.05, 4.69) is 4.72 Å². The third-order valence-electron chi connectivity index (χ3n) is 1.79. The molecule has 0 spiro atoms. The molecule has 0 saturated carbocycles. The molecule has 0 bridgehead atoms. The Balaban J connectivity index is 4.41. The van der Waals surface area contributed by atoms with E-state index in [-0.39, 0.29) is 12.5 Å². The van der Waals surface area contributed by atoms with E-state index in [0.717, 1.165) is 0 Å². The molecule has 0 aliphatic carbocycles. The summed E-state index contributed by atoms with van der Waals surface area (Å²) in [6.07, 6.45) is 0.181. The zero-order valence-electron chi connectivity index (χ0n) is 8.82. The van der Waals surface area contributed by atoms with Crippen molar-refractivity contribution in [1.29, 1.82) is 5.26 Å². The number of hydrogen-bond donors (Lipinski definition) is 1. The molecular weight excluding hydrogens is 202 g/mol. The summed E-state index contributed by atoms with van der Waals surface area (Å²) in [4.78, 5) is 0. The summed E-state index contributed by atoms with van der Waals surface area (Å²) >= 11 is 0. The van der Waals surface area contributed by atoms with Crippen LogP contribution in [0.1, 0.15) is 27.2 Å². The molecule has 0 amide bonds. The summed E-state index contributed by atoms with van der Waals surface area (Å²) in [6.45, 7) is 6.09. The maximum atomic E-state index is 11.6. The molecular formula is C8H17N3O2S. The Bertz CT molecular complexity index is 290. The lowest BCUT2D eigenvalue weighted by Crippen LogP contribution is -2.44. The molecule has 14 heavy (non-hydrogen) atoms. The molecule has 0 aliphatic rings. The van der Waals surface area contributed by atoms with Crippen LogP contribution in [-0.4, -0.2) is 31.9 Å². The van der Waals surface area contributed by atoms with Gasteiger partial charge in [-0.1, -0.05) is 13.8 Å². The molecule has 0 radical (unpaired) electrons. The van der Waals surface area contributed by atoms with E-state index in [9.17, 15) is 8.42 Å². The van der Waals surface area contributed by atoms with Crippen molar-refractivity contribution in [3.05, 3.63) is 0 Å². The van der Waals surface area contributed by atoms with E-state index < -0.39 is 10.2 Å². The highest BCUT2D eigenvalue weighted by molar-refractivity contribution is 7.87. The fourth-order valence-electron chi connectivity index (χ4n) is 1.07. The van der Waals surface area contributed by atoms with Gasteiger partial charge in [-0.3, -0.25) is 0 Å². The van der Waals surface area contributed by atoms with Gasteiger partial charge in [-0.2, -0.15) is 22.7 Å². The van der Waals surface area contributed by atoms with Crippen molar-refractivity contribution in [1.82, 2.24) is 9.03 Å². The van der Waals surface area contributed by atoms with Gasteiger partial charge in [0.05, 0.1) is 12.5 Å². The van der Waals surface area contributed by atoms with Gasteiger partial charge in [0.15, 0.2) is 0 Å². The van der Waals surface area contributed by atoms with Crippen molar-refractivity contribution in [2.45, 2.75) is 33.2 Å². The highest BCUT2D eigenvalue weighted by atomic mass is 32.2. The number of rotatable bonds is 6. The molecule has 82 valence electrons. The van der Waals surface area contributed by atoms with Crippen LogP contribution >= 0.6 is 0 Å². The quantitative estimate of drug-likeness (QED) is 0.705. The summed E-state index contributed by atoms with van der Waals surface area (Å²) in [5.41, 5.74) is 0. The minimum absolute atomic E-state index is 0.181. The summed E-state index contributed by atoms with van der Waals surface area (Å²) in [5.74, 6) is 0. The zero-order chi connectivity index (χ0) is 11.2. The molecule has 0 aromatic heterocycles. The van der Waals surface area contributed by atoms with Gasteiger partial charge in [0.2, 0.25) is 0 Å². The van der Waals surface area contributed by atoms with E-state index in [1.165, 1.54) is 4.31 Å². The molecule has 0 fully saturated rings. The van der Waals surface area contributed by atoms with Crippen LogP contribution in [-0.2, 0) is 10.2 Å². The first-order valence-electron chi connectivity index (χ1n) is 4.62. The fraction of sp³-hybridized carbons (Fsp3) is 0.875. The smallest absolute Gasteiger partial charge is 0.198 e. The SMILES string of the molecule is CCN(CC)S(=O)(=O)NC(C)CC#N. The van der Waals surface area contributed by atoms with Crippen molar-refractivity contribution in [2.75, 3.05) is 13.1 Å². The van der Waals surface area contributed by atoms with Crippen LogP contribution in [0.2, 0.25) is 0 Å². The van der Waals surface area contributed by atoms with Crippen LogP contribution in [0.3, 0.4) is 0 Å². The first-order chi connectivity index (χ1) is 6.47. The van der Waals surface area contributed by atoms with E-state index in [1.807, 2.05) is 6.07 Å². The Morgan fingerprint density at radius 3 is 2.29 bits per heavy atom. The highest BCUT2D eigenvalue weighted by Crippen LogP contribution is 2.00. The standard InChI is InChI=1S/C8H17N3O2S/c1-4-11(5-2)14(12,13)10-8(3)6-7-9/h8,10H,4-6H2,1-3H3. The van der Waals surface area contributed by atoms with Crippen LogP contribution in [0, 0.1) is 11.3 Å². The van der Waals surface area contributed by atoms with Crippen molar-refractivity contribution in [2.24, 2.45) is 0 Å². The predicted octanol–water partition coefficient (Wildman–Crippen LogP) is 0.465. The number of nitrogens with one attached hydrogen (secondary N) is 1. The lowest BCUT2D eigenvalue weighted by Gasteiger charge is -2.20. The monoisotopic (exact) mass is 219 g/mol. The van der Waals surface area contributed by atoms with Gasteiger partial charge in [0.25, 0.3) is 10.2 Å². The van der Waals surface area contributed by atoms with E-state index >= 15 is 0 Å². The largest absolute Gasteiger partial charge is 0.279 e. The fourth-order valence-corrected chi connectivity index (χ4v) is 2.49. The van der Waals surface area contributed by atoms with Gasteiger partial charge in [-0.15, -0.1) is 0 Å². The molecule has 0 aromatic carbocycles. The maximum absolute atomic E-state index is 11.6. The van der Waals surface area contributed by atoms with Gasteiger partial charge >= 0.3 is 0 Å². The van der Waals surface area contributed by atoms with Crippen molar-refractivity contribution < 1.29 is 8.42 Å². The normalized spacial score (nSPS) is 13.9. The Hall–Kier alpha value is -0.640. The van der Waals surface area contributed by atoms with Crippen molar-refractivity contribution in [3.8, 4) is 6.07 Å². The minimum Gasteiger partial charge on any atom is -0.198 e. The topological polar surface area (TPSA) is 73.2 Å². The van der Waals surface area contributed by atoms with Crippen molar-refractivity contribution >= 4 is 10.2 Å². The molecule has 0 saturated heterocycles. The average molecular weight is 219 g/mol. The Morgan fingerprint density at radius 2 is 1.93 bits per heavy atom. The van der Waals surface area contributed by atoms with Gasteiger partial charge < -0.3 is 0 Å². The van der Waals surface area contributed by atoms with E-state index in [4.69, 9.17) is 5.26 Å². The Morgan fingerprint density at radius 1 is 1.43 bits per heavy atom. The first-order valence-corrected chi connectivity index (χ1v) is 6.06. The molecule has 0 aliphatic heterocycles. The third-order valence-corrected chi connectivity index (χ3v) is 3.69. The zero-order valence-corrected chi connectivity index (χ0v) is 9.63. The van der Waals surface area contributed by atoms with E-state index in [1.54, 1.807) is 20.8 Å². The average Bonchev–Trinajstić information content (AvgIpc) is 2.04. The predicted molar refractivity (Wildman–Crippen MR) is 54.7 cm³/mol. The molecule has 1 N–H and O–H groups in total. The minimum atomic E-state index is -3.41. The molecule has 1 unspecified atom stereocenters. The second kappa shape index (κ2) is 5.96. The van der Waals surface area contributed by atoms with Crippen LogP contribution in [0.15, 0.2) is 0 Å². The maximum Gasteiger partial charge on any atom is 0.279 e. The van der Waals surface area contributed by atoms with Crippen LogP contribution < -0.4 is 4.72 Å². The molecule has 5 nitrogen and oxygen atoms in total. The number of nitriles is 1. The number of hydrogen-bond acceptors (Lipinski definition) is 3. The van der Waals surface area contributed by atoms with Gasteiger partial charge in [0.1, 0.15) is 0 Å². The molecule has 6 heteroatoms. The highest BCUT2D eigenvalue weighted by Gasteiger charge is 2.20. The Labute approximate surface area is 85.9 Å². The Kier molecular flexibility index (Phi) is 5.69. The first kappa shape index (κ1) is 13.4. The molecule has 0 aromatic rings. The summed E-state index contributed by atoms with van der Waals surface area (Å²) in [7, 11) is -3.41. The van der Waals surface area contributed by atoms with E-state index in [0.29, 0.717) is 13.1 Å². The molecule has 1 atom stereocenters. The lowest BCUT2D eigenvalue weighted by molar-refractivity contribution is 0.428. The second-order valence-corrected chi connectivity index (χ2v) is 4.67. The summed E-state index contributed by atoms with van der Waals surface area (Å²) < 4.78 is 26.9. The molecule has 0 heterocycles. The van der Waals surface area contributed by atoms with Crippen molar-refractivity contribution in [3.63, 3.8) is 0 Å². The lowest BCUT2D eigenvalue weighted by atomic mass is 10.3. The van der Waals surface area contributed by atoms with Gasteiger partial charge in [0, 0.05) is 19.1 Å². The van der Waals surface area contributed by atoms with Gasteiger partial charge in [-0.25, -0.2) is 0 Å². The van der Waals surface area contributed by atoms with Crippen LogP contribution in [0.25, 0.3) is 0 Å². The van der Waals surface area contributed by atoms with Crippen LogP contribution in [0.4, 0.5) is 0 Å².